The van der Waals surface area contributed by atoms with Crippen molar-refractivity contribution < 1.29 is 9.59 Å². The van der Waals surface area contributed by atoms with E-state index in [1.165, 1.54) is 0 Å². The molecule has 2 heterocycles. The number of rotatable bonds is 5. The Morgan fingerprint density at radius 2 is 1.96 bits per heavy atom. The van der Waals surface area contributed by atoms with Crippen LogP contribution in [0.25, 0.3) is 0 Å². The maximum Gasteiger partial charge on any atom is 0.273 e. The number of H-pyrrole nitrogens is 1. The molecule has 0 atom stereocenters. The average molecular weight is 385 g/mol. The average Bonchev–Trinajstić information content (AvgIpc) is 2.88. The largest absolute Gasteiger partial charge is 0.348 e. The first kappa shape index (κ1) is 18.0. The Bertz CT molecular complexity index is 560. The number of carbonyl (C=O) groups excluding carboxylic acids is 2. The van der Waals surface area contributed by atoms with Crippen LogP contribution >= 0.6 is 15.9 Å². The summed E-state index contributed by atoms with van der Waals surface area (Å²) in [6, 6.07) is 0.0946. The van der Waals surface area contributed by atoms with E-state index in [4.69, 9.17) is 0 Å². The van der Waals surface area contributed by atoms with Gasteiger partial charge in [0.25, 0.3) is 5.91 Å². The van der Waals surface area contributed by atoms with Crippen LogP contribution in [0.5, 0.6) is 0 Å². The van der Waals surface area contributed by atoms with Crippen molar-refractivity contribution in [3.63, 3.8) is 0 Å². The van der Waals surface area contributed by atoms with Crippen LogP contribution in [0, 0.1) is 12.8 Å². The van der Waals surface area contributed by atoms with Crippen molar-refractivity contribution in [2.24, 2.45) is 5.92 Å². The summed E-state index contributed by atoms with van der Waals surface area (Å²) >= 11 is 3.37. The highest BCUT2D eigenvalue weighted by Crippen LogP contribution is 2.20. The lowest BCUT2D eigenvalue weighted by molar-refractivity contribution is -0.136. The zero-order chi connectivity index (χ0) is 17.0. The molecule has 1 saturated heterocycles. The third-order valence-electron chi connectivity index (χ3n) is 4.56. The molecule has 0 radical (unpaired) electrons. The van der Waals surface area contributed by atoms with Gasteiger partial charge in [0, 0.05) is 30.7 Å². The van der Waals surface area contributed by atoms with E-state index in [0.29, 0.717) is 23.3 Å². The molecule has 0 saturated carbocycles. The Kier molecular flexibility index (Phi) is 6.21. The molecule has 1 aliphatic rings. The summed E-state index contributed by atoms with van der Waals surface area (Å²) < 4.78 is 0.705. The molecule has 2 rings (SSSR count). The number of hydrogen-bond donors (Lipinski definition) is 2. The minimum atomic E-state index is -0.175. The highest BCUT2D eigenvalue weighted by molar-refractivity contribution is 9.10. The van der Waals surface area contributed by atoms with Gasteiger partial charge in [-0.25, -0.2) is 0 Å². The van der Waals surface area contributed by atoms with Crippen molar-refractivity contribution in [2.75, 3.05) is 13.1 Å². The molecule has 6 nitrogen and oxygen atoms in total. The van der Waals surface area contributed by atoms with E-state index >= 15 is 0 Å². The van der Waals surface area contributed by atoms with Gasteiger partial charge < -0.3 is 10.2 Å². The number of piperidine rings is 1. The third kappa shape index (κ3) is 4.13. The predicted octanol–water partition coefficient (Wildman–Crippen LogP) is 2.64. The van der Waals surface area contributed by atoms with Crippen LogP contribution in [0.15, 0.2) is 4.47 Å². The fraction of sp³-hybridized carbons (Fsp3) is 0.688. The Labute approximate surface area is 145 Å². The smallest absolute Gasteiger partial charge is 0.273 e. The second kappa shape index (κ2) is 7.95. The summed E-state index contributed by atoms with van der Waals surface area (Å²) in [5, 5.41) is 9.83. The van der Waals surface area contributed by atoms with Crippen molar-refractivity contribution in [3.8, 4) is 0 Å². The van der Waals surface area contributed by atoms with E-state index in [1.54, 1.807) is 0 Å². The van der Waals surface area contributed by atoms with Gasteiger partial charge in [-0.2, -0.15) is 5.10 Å². The van der Waals surface area contributed by atoms with Crippen molar-refractivity contribution >= 4 is 27.7 Å². The van der Waals surface area contributed by atoms with Crippen molar-refractivity contribution in [1.29, 1.82) is 0 Å². The standard InChI is InChI=1S/C16H25BrN4O2/c1-4-11(5-2)16(23)21-8-6-12(7-9-21)18-15(22)14-13(17)10(3)19-20-14/h11-12H,4-9H2,1-3H3,(H,18,22)(H,19,20). The second-order valence-corrected chi connectivity index (χ2v) is 6.89. The molecule has 2 amide bonds. The minimum absolute atomic E-state index is 0.0946. The van der Waals surface area contributed by atoms with Crippen LogP contribution in [-0.4, -0.2) is 46.0 Å². The van der Waals surface area contributed by atoms with Crippen LogP contribution in [0.1, 0.15) is 55.7 Å². The van der Waals surface area contributed by atoms with Crippen molar-refractivity contribution in [3.05, 3.63) is 15.9 Å². The molecule has 1 aromatic rings. The van der Waals surface area contributed by atoms with Gasteiger partial charge in [-0.3, -0.25) is 14.7 Å². The van der Waals surface area contributed by atoms with Crippen LogP contribution in [0.4, 0.5) is 0 Å². The van der Waals surface area contributed by atoms with E-state index in [0.717, 1.165) is 31.4 Å². The zero-order valence-corrected chi connectivity index (χ0v) is 15.6. The van der Waals surface area contributed by atoms with E-state index in [1.807, 2.05) is 11.8 Å². The quantitative estimate of drug-likeness (QED) is 0.818. The number of hydrogen-bond acceptors (Lipinski definition) is 3. The van der Waals surface area contributed by atoms with Crippen molar-refractivity contribution in [2.45, 2.75) is 52.5 Å². The van der Waals surface area contributed by atoms with Crippen LogP contribution in [0.2, 0.25) is 0 Å². The van der Waals surface area contributed by atoms with E-state index < -0.39 is 0 Å². The van der Waals surface area contributed by atoms with Crippen LogP contribution in [0.3, 0.4) is 0 Å². The SMILES string of the molecule is CCC(CC)C(=O)N1CCC(NC(=O)c2n[nH]c(C)c2Br)CC1. The molecule has 1 aromatic heterocycles. The van der Waals surface area contributed by atoms with Gasteiger partial charge in [-0.05, 0) is 48.5 Å². The summed E-state index contributed by atoms with van der Waals surface area (Å²) in [4.78, 5) is 26.6. The van der Waals surface area contributed by atoms with Crippen LogP contribution < -0.4 is 5.32 Å². The fourth-order valence-electron chi connectivity index (χ4n) is 2.96. The number of likely N-dealkylation sites (tertiary alicyclic amines) is 1. The first-order chi connectivity index (χ1) is 11.0. The zero-order valence-electron chi connectivity index (χ0n) is 14.0. The molecule has 0 spiro atoms. The van der Waals surface area contributed by atoms with Gasteiger partial charge in [-0.1, -0.05) is 13.8 Å². The number of aromatic nitrogens is 2. The normalized spacial score (nSPS) is 16.0. The third-order valence-corrected chi connectivity index (χ3v) is 5.53. The summed E-state index contributed by atoms with van der Waals surface area (Å²) in [6.07, 6.45) is 3.36. The second-order valence-electron chi connectivity index (χ2n) is 6.10. The number of nitrogens with zero attached hydrogens (tertiary/aromatic N) is 2. The van der Waals surface area contributed by atoms with Gasteiger partial charge >= 0.3 is 0 Å². The Balaban J connectivity index is 1.86. The molecule has 0 aromatic carbocycles. The number of halogens is 1. The summed E-state index contributed by atoms with van der Waals surface area (Å²) in [5.41, 5.74) is 1.22. The molecule has 7 heteroatoms. The number of aryl methyl sites for hydroxylation is 1. The molecular weight excluding hydrogens is 360 g/mol. The number of aromatic amines is 1. The number of carbonyl (C=O) groups is 2. The predicted molar refractivity (Wildman–Crippen MR) is 92.2 cm³/mol. The molecule has 1 aliphatic heterocycles. The molecule has 2 N–H and O–H groups in total. The van der Waals surface area contributed by atoms with Gasteiger partial charge in [-0.15, -0.1) is 0 Å². The molecule has 0 bridgehead atoms. The van der Waals surface area contributed by atoms with Gasteiger partial charge in [0.15, 0.2) is 5.69 Å². The molecule has 1 fully saturated rings. The summed E-state index contributed by atoms with van der Waals surface area (Å²) in [7, 11) is 0. The fourth-order valence-corrected chi connectivity index (χ4v) is 3.32. The van der Waals surface area contributed by atoms with E-state index in [9.17, 15) is 9.59 Å². The first-order valence-corrected chi connectivity index (χ1v) is 9.07. The minimum Gasteiger partial charge on any atom is -0.348 e. The maximum atomic E-state index is 12.4. The molecular formula is C16H25BrN4O2. The van der Waals surface area contributed by atoms with E-state index in [2.05, 4.69) is 45.3 Å². The lowest BCUT2D eigenvalue weighted by Gasteiger charge is -2.34. The molecule has 0 aliphatic carbocycles. The Hall–Kier alpha value is -1.37. The van der Waals surface area contributed by atoms with E-state index in [-0.39, 0.29) is 23.8 Å². The summed E-state index contributed by atoms with van der Waals surface area (Å²) in [5.74, 6) is 0.209. The molecule has 0 unspecified atom stereocenters. The van der Waals surface area contributed by atoms with Crippen LogP contribution in [-0.2, 0) is 4.79 Å². The van der Waals surface area contributed by atoms with Crippen molar-refractivity contribution in [1.82, 2.24) is 20.4 Å². The van der Waals surface area contributed by atoms with Gasteiger partial charge in [0.05, 0.1) is 4.47 Å². The molecule has 23 heavy (non-hydrogen) atoms. The number of amides is 2. The highest BCUT2D eigenvalue weighted by Gasteiger charge is 2.28. The lowest BCUT2D eigenvalue weighted by atomic mass is 9.98. The Morgan fingerprint density at radius 1 is 1.35 bits per heavy atom. The molecule has 128 valence electrons. The topological polar surface area (TPSA) is 78.1 Å². The first-order valence-electron chi connectivity index (χ1n) is 8.28. The maximum absolute atomic E-state index is 12.4. The highest BCUT2D eigenvalue weighted by atomic mass is 79.9. The monoisotopic (exact) mass is 384 g/mol. The van der Waals surface area contributed by atoms with Gasteiger partial charge in [0.1, 0.15) is 0 Å². The number of nitrogens with one attached hydrogen (secondary N) is 2. The summed E-state index contributed by atoms with van der Waals surface area (Å²) in [6.45, 7) is 7.39. The van der Waals surface area contributed by atoms with Gasteiger partial charge in [0.2, 0.25) is 5.91 Å². The Morgan fingerprint density at radius 3 is 2.43 bits per heavy atom. The lowest BCUT2D eigenvalue weighted by Crippen LogP contribution is -2.48.